The molecule has 0 aromatic heterocycles. The molecule has 2 aromatic rings. The number of rotatable bonds is 7. The Morgan fingerprint density at radius 3 is 1.55 bits per heavy atom. The predicted molar refractivity (Wildman–Crippen MR) is 83.7 cm³/mol. The molecule has 0 aliphatic rings. The van der Waals surface area contributed by atoms with Crippen LogP contribution in [0.4, 0.5) is 0 Å². The summed E-state index contributed by atoms with van der Waals surface area (Å²) in [5.41, 5.74) is 1.97. The van der Waals surface area contributed by atoms with Crippen molar-refractivity contribution < 1.29 is 13.1 Å². The third-order valence-corrected chi connectivity index (χ3v) is 5.26. The highest BCUT2D eigenvalue weighted by molar-refractivity contribution is 8.07. The van der Waals surface area contributed by atoms with E-state index in [1.807, 2.05) is 60.7 Å². The van der Waals surface area contributed by atoms with Gasteiger partial charge >= 0.3 is 6.72 Å². The molecule has 0 amide bonds. The molecule has 106 valence electrons. The van der Waals surface area contributed by atoms with Crippen LogP contribution in [-0.4, -0.2) is 0 Å². The average molecular weight is 329 g/mol. The summed E-state index contributed by atoms with van der Waals surface area (Å²) < 4.78 is 15.8. The fourth-order valence-corrected chi connectivity index (χ4v) is 2.86. The first-order valence-electron chi connectivity index (χ1n) is 5.99. The summed E-state index contributed by atoms with van der Waals surface area (Å²) in [6.45, 7) is -2.32. The first kappa shape index (κ1) is 15.6. The SMILES string of the molecule is S=P(OCl)(OCc1ccccc1)OCc1ccccc1. The van der Waals surface area contributed by atoms with Gasteiger partial charge in [-0.3, -0.25) is 0 Å². The van der Waals surface area contributed by atoms with Gasteiger partial charge in [0.2, 0.25) is 0 Å². The Labute approximate surface area is 128 Å². The molecular weight excluding hydrogens is 315 g/mol. The second-order valence-corrected chi connectivity index (χ2v) is 7.34. The van der Waals surface area contributed by atoms with Crippen LogP contribution in [0, 0.1) is 0 Å². The van der Waals surface area contributed by atoms with Crippen molar-refractivity contribution in [3.8, 4) is 0 Å². The van der Waals surface area contributed by atoms with Crippen molar-refractivity contribution in [2.45, 2.75) is 13.2 Å². The number of halogens is 1. The summed E-state index contributed by atoms with van der Waals surface area (Å²) in [6, 6.07) is 19.3. The Hall–Kier alpha value is -0.740. The second-order valence-electron chi connectivity index (χ2n) is 4.03. The maximum absolute atomic E-state index is 5.54. The minimum Gasteiger partial charge on any atom is -0.303 e. The van der Waals surface area contributed by atoms with Crippen LogP contribution < -0.4 is 0 Å². The largest absolute Gasteiger partial charge is 0.344 e. The van der Waals surface area contributed by atoms with E-state index in [0.29, 0.717) is 13.2 Å². The summed E-state index contributed by atoms with van der Waals surface area (Å²) >= 11 is 10.7. The molecule has 0 unspecified atom stereocenters. The minimum atomic E-state index is -2.93. The standard InChI is InChI=1S/C14H14ClO3PS/c15-18-19(20,16-11-13-7-3-1-4-8-13)17-12-14-9-5-2-6-10-14/h1-10H,11-12H2. The quantitative estimate of drug-likeness (QED) is 0.681. The smallest absolute Gasteiger partial charge is 0.303 e. The van der Waals surface area contributed by atoms with Crippen molar-refractivity contribution in [1.29, 1.82) is 0 Å². The maximum atomic E-state index is 5.54. The number of benzene rings is 2. The molecule has 0 aliphatic carbocycles. The van der Waals surface area contributed by atoms with E-state index in [1.165, 1.54) is 0 Å². The Kier molecular flexibility index (Phi) is 6.17. The lowest BCUT2D eigenvalue weighted by atomic mass is 10.2. The lowest BCUT2D eigenvalue weighted by Gasteiger charge is -2.18. The van der Waals surface area contributed by atoms with Gasteiger partial charge in [-0.05, 0) is 22.9 Å². The van der Waals surface area contributed by atoms with Crippen molar-refractivity contribution in [2.24, 2.45) is 0 Å². The van der Waals surface area contributed by atoms with Gasteiger partial charge in [0, 0.05) is 0 Å². The zero-order valence-electron chi connectivity index (χ0n) is 10.6. The van der Waals surface area contributed by atoms with Gasteiger partial charge in [-0.15, -0.1) is 0 Å². The molecule has 0 N–H and O–H groups in total. The Morgan fingerprint density at radius 2 is 1.20 bits per heavy atom. The van der Waals surface area contributed by atoms with E-state index < -0.39 is 6.72 Å². The molecular formula is C14H14ClO3PS. The zero-order chi connectivity index (χ0) is 14.3. The minimum absolute atomic E-state index is 0.305. The van der Waals surface area contributed by atoms with Crippen LogP contribution in [0.1, 0.15) is 11.1 Å². The number of hydrogen-bond acceptors (Lipinski definition) is 4. The van der Waals surface area contributed by atoms with Crippen molar-refractivity contribution in [1.82, 2.24) is 0 Å². The molecule has 0 heterocycles. The Morgan fingerprint density at radius 1 is 0.800 bits per heavy atom. The molecule has 2 aromatic carbocycles. The molecule has 0 bridgehead atoms. The van der Waals surface area contributed by atoms with E-state index in [1.54, 1.807) is 0 Å². The molecule has 0 saturated heterocycles. The number of hydrogen-bond donors (Lipinski definition) is 0. The van der Waals surface area contributed by atoms with Gasteiger partial charge < -0.3 is 9.05 Å². The molecule has 3 nitrogen and oxygen atoms in total. The van der Waals surface area contributed by atoms with E-state index in [2.05, 4.69) is 0 Å². The van der Waals surface area contributed by atoms with Crippen LogP contribution >= 0.6 is 18.6 Å². The van der Waals surface area contributed by atoms with Gasteiger partial charge in [0.1, 0.15) is 0 Å². The van der Waals surface area contributed by atoms with Crippen LogP contribution in [0.15, 0.2) is 60.7 Å². The molecule has 6 heteroatoms. The van der Waals surface area contributed by atoms with Crippen LogP contribution in [0.5, 0.6) is 0 Å². The van der Waals surface area contributed by atoms with Crippen molar-refractivity contribution in [3.63, 3.8) is 0 Å². The van der Waals surface area contributed by atoms with Crippen molar-refractivity contribution >= 4 is 30.4 Å². The zero-order valence-corrected chi connectivity index (χ0v) is 13.1. The summed E-state index contributed by atoms with van der Waals surface area (Å²) in [5, 5.41) is 0. The average Bonchev–Trinajstić information content (AvgIpc) is 2.53. The lowest BCUT2D eigenvalue weighted by Crippen LogP contribution is -1.97. The molecule has 0 saturated carbocycles. The van der Waals surface area contributed by atoms with Crippen LogP contribution in [0.2, 0.25) is 0 Å². The summed E-state index contributed by atoms with van der Waals surface area (Å²) in [7, 11) is 0. The molecule has 0 atom stereocenters. The monoisotopic (exact) mass is 328 g/mol. The van der Waals surface area contributed by atoms with Crippen molar-refractivity contribution in [2.75, 3.05) is 0 Å². The lowest BCUT2D eigenvalue weighted by molar-refractivity contribution is 0.192. The highest BCUT2D eigenvalue weighted by Gasteiger charge is 2.20. The van der Waals surface area contributed by atoms with Gasteiger partial charge in [-0.1, -0.05) is 60.7 Å². The Bertz CT molecular complexity index is 518. The summed E-state index contributed by atoms with van der Waals surface area (Å²) in [6.07, 6.45) is 0. The highest BCUT2D eigenvalue weighted by Crippen LogP contribution is 2.52. The Balaban J connectivity index is 1.90. The van der Waals surface area contributed by atoms with E-state index in [4.69, 9.17) is 36.8 Å². The molecule has 0 fully saturated rings. The summed E-state index contributed by atoms with van der Waals surface area (Å²) in [5.74, 6) is 0. The van der Waals surface area contributed by atoms with Crippen LogP contribution in [0.3, 0.4) is 0 Å². The maximum Gasteiger partial charge on any atom is 0.344 e. The normalized spacial score (nSPS) is 11.4. The predicted octanol–water partition coefficient (Wildman–Crippen LogP) is 4.81. The molecule has 0 aliphatic heterocycles. The third-order valence-electron chi connectivity index (χ3n) is 2.55. The first-order valence-corrected chi connectivity index (χ1v) is 8.86. The highest BCUT2D eigenvalue weighted by atomic mass is 35.5. The van der Waals surface area contributed by atoms with Gasteiger partial charge in [0.25, 0.3) is 0 Å². The third kappa shape index (κ3) is 4.98. The van der Waals surface area contributed by atoms with Gasteiger partial charge in [-0.25, -0.2) is 0 Å². The van der Waals surface area contributed by atoms with Crippen LogP contribution in [0.25, 0.3) is 0 Å². The van der Waals surface area contributed by atoms with Gasteiger partial charge in [0.15, 0.2) is 0 Å². The van der Waals surface area contributed by atoms with E-state index in [9.17, 15) is 0 Å². The molecule has 20 heavy (non-hydrogen) atoms. The molecule has 0 spiro atoms. The fourth-order valence-electron chi connectivity index (χ4n) is 1.53. The van der Waals surface area contributed by atoms with Gasteiger partial charge in [0.05, 0.1) is 25.1 Å². The first-order chi connectivity index (χ1) is 9.72. The van der Waals surface area contributed by atoms with E-state index in [0.717, 1.165) is 11.1 Å². The van der Waals surface area contributed by atoms with Gasteiger partial charge in [-0.2, -0.15) is 4.08 Å². The fraction of sp³-hybridized carbons (Fsp3) is 0.143. The molecule has 2 rings (SSSR count). The van der Waals surface area contributed by atoms with Crippen LogP contribution in [-0.2, 0) is 38.1 Å². The second kappa shape index (κ2) is 7.89. The van der Waals surface area contributed by atoms with E-state index >= 15 is 0 Å². The topological polar surface area (TPSA) is 27.7 Å². The molecule has 0 radical (unpaired) electrons. The summed E-state index contributed by atoms with van der Waals surface area (Å²) in [4.78, 5) is 0. The van der Waals surface area contributed by atoms with E-state index in [-0.39, 0.29) is 0 Å². The van der Waals surface area contributed by atoms with Crippen molar-refractivity contribution in [3.05, 3.63) is 71.8 Å².